The quantitative estimate of drug-likeness (QED) is 0.682. The van der Waals surface area contributed by atoms with Crippen LogP contribution < -0.4 is 10.1 Å². The van der Waals surface area contributed by atoms with E-state index in [0.717, 1.165) is 18.7 Å². The van der Waals surface area contributed by atoms with Crippen molar-refractivity contribution in [1.82, 2.24) is 5.32 Å². The van der Waals surface area contributed by atoms with Gasteiger partial charge in [-0.25, -0.2) is 0 Å². The van der Waals surface area contributed by atoms with Crippen LogP contribution in [0.15, 0.2) is 48.5 Å². The summed E-state index contributed by atoms with van der Waals surface area (Å²) < 4.78 is 6.89. The van der Waals surface area contributed by atoms with Crippen LogP contribution in [0.3, 0.4) is 0 Å². The van der Waals surface area contributed by atoms with E-state index in [1.807, 2.05) is 13.0 Å². The number of rotatable bonds is 7. The molecule has 0 spiro atoms. The Labute approximate surface area is 141 Å². The molecule has 0 aliphatic rings. The third-order valence-corrected chi connectivity index (χ3v) is 4.02. The second-order valence-corrected chi connectivity index (χ2v) is 6.19. The highest BCUT2D eigenvalue weighted by Crippen LogP contribution is 2.26. The SMILES string of the molecule is CCCNC(c1ccc(I)cc1)c1cccc(OCC)c1. The van der Waals surface area contributed by atoms with Crippen LogP contribution in [-0.2, 0) is 0 Å². The monoisotopic (exact) mass is 395 g/mol. The van der Waals surface area contributed by atoms with Gasteiger partial charge in [-0.3, -0.25) is 0 Å². The van der Waals surface area contributed by atoms with E-state index >= 15 is 0 Å². The standard InChI is InChI=1S/C18H22INO/c1-3-12-20-18(14-8-10-16(19)11-9-14)15-6-5-7-17(13-15)21-4-2/h5-11,13,18,20H,3-4,12H2,1-2H3. The molecule has 1 N–H and O–H groups in total. The maximum Gasteiger partial charge on any atom is 0.119 e. The summed E-state index contributed by atoms with van der Waals surface area (Å²) >= 11 is 2.34. The van der Waals surface area contributed by atoms with Gasteiger partial charge in [0.1, 0.15) is 5.75 Å². The molecule has 0 aliphatic carbocycles. The molecule has 0 fully saturated rings. The lowest BCUT2D eigenvalue weighted by atomic mass is 9.98. The Hall–Kier alpha value is -1.07. The Bertz CT molecular complexity index is 553. The van der Waals surface area contributed by atoms with Crippen molar-refractivity contribution in [3.8, 4) is 5.75 Å². The molecule has 1 atom stereocenters. The largest absolute Gasteiger partial charge is 0.494 e. The molecule has 2 aromatic carbocycles. The highest BCUT2D eigenvalue weighted by Gasteiger charge is 2.13. The van der Waals surface area contributed by atoms with Crippen molar-refractivity contribution in [1.29, 1.82) is 0 Å². The minimum absolute atomic E-state index is 0.211. The summed E-state index contributed by atoms with van der Waals surface area (Å²) in [6, 6.07) is 17.3. The first-order valence-corrected chi connectivity index (χ1v) is 8.54. The number of halogens is 1. The zero-order chi connectivity index (χ0) is 15.1. The molecule has 112 valence electrons. The van der Waals surface area contributed by atoms with Crippen molar-refractivity contribution in [2.24, 2.45) is 0 Å². The minimum Gasteiger partial charge on any atom is -0.494 e. The molecule has 2 aromatic rings. The Morgan fingerprint density at radius 1 is 1.05 bits per heavy atom. The van der Waals surface area contributed by atoms with Crippen LogP contribution in [0.25, 0.3) is 0 Å². The van der Waals surface area contributed by atoms with E-state index in [1.54, 1.807) is 0 Å². The van der Waals surface area contributed by atoms with E-state index in [0.29, 0.717) is 6.61 Å². The van der Waals surface area contributed by atoms with Crippen LogP contribution in [0.4, 0.5) is 0 Å². The van der Waals surface area contributed by atoms with Gasteiger partial charge in [0.2, 0.25) is 0 Å². The normalized spacial score (nSPS) is 12.1. The molecule has 21 heavy (non-hydrogen) atoms. The second-order valence-electron chi connectivity index (χ2n) is 4.94. The molecule has 0 aliphatic heterocycles. The molecule has 0 radical (unpaired) electrons. The molecule has 2 nitrogen and oxygen atoms in total. The summed E-state index contributed by atoms with van der Waals surface area (Å²) in [4.78, 5) is 0. The molecule has 3 heteroatoms. The number of hydrogen-bond acceptors (Lipinski definition) is 2. The maximum absolute atomic E-state index is 5.63. The fourth-order valence-corrected chi connectivity index (χ4v) is 2.68. The molecular formula is C18H22INO. The number of hydrogen-bond donors (Lipinski definition) is 1. The average molecular weight is 395 g/mol. The van der Waals surface area contributed by atoms with Crippen LogP contribution in [0.2, 0.25) is 0 Å². The van der Waals surface area contributed by atoms with Gasteiger partial charge in [-0.05, 0) is 77.9 Å². The van der Waals surface area contributed by atoms with Crippen molar-refractivity contribution in [3.63, 3.8) is 0 Å². The highest BCUT2D eigenvalue weighted by molar-refractivity contribution is 14.1. The molecule has 0 bridgehead atoms. The van der Waals surface area contributed by atoms with Crippen LogP contribution in [0.1, 0.15) is 37.4 Å². The minimum atomic E-state index is 0.211. The van der Waals surface area contributed by atoms with Crippen molar-refractivity contribution in [2.45, 2.75) is 26.3 Å². The van der Waals surface area contributed by atoms with E-state index in [4.69, 9.17) is 4.74 Å². The number of nitrogens with one attached hydrogen (secondary N) is 1. The fourth-order valence-electron chi connectivity index (χ4n) is 2.32. The second kappa shape index (κ2) is 8.39. The molecule has 0 aromatic heterocycles. The van der Waals surface area contributed by atoms with Crippen molar-refractivity contribution < 1.29 is 4.74 Å². The third-order valence-electron chi connectivity index (χ3n) is 3.30. The molecular weight excluding hydrogens is 373 g/mol. The smallest absolute Gasteiger partial charge is 0.119 e. The van der Waals surface area contributed by atoms with E-state index < -0.39 is 0 Å². The molecule has 1 unspecified atom stereocenters. The predicted octanol–water partition coefficient (Wildman–Crippen LogP) is 4.78. The van der Waals surface area contributed by atoms with E-state index in [2.05, 4.69) is 77.3 Å². The van der Waals surface area contributed by atoms with E-state index in [1.165, 1.54) is 14.7 Å². The van der Waals surface area contributed by atoms with Gasteiger partial charge in [-0.1, -0.05) is 31.2 Å². The van der Waals surface area contributed by atoms with Gasteiger partial charge in [0.15, 0.2) is 0 Å². The van der Waals surface area contributed by atoms with E-state index in [9.17, 15) is 0 Å². The summed E-state index contributed by atoms with van der Waals surface area (Å²) in [5.41, 5.74) is 2.54. The van der Waals surface area contributed by atoms with Crippen molar-refractivity contribution >= 4 is 22.6 Å². The summed E-state index contributed by atoms with van der Waals surface area (Å²) in [5.74, 6) is 0.934. The molecule has 0 saturated carbocycles. The lowest BCUT2D eigenvalue weighted by molar-refractivity contribution is 0.339. The summed E-state index contributed by atoms with van der Waals surface area (Å²) in [5, 5.41) is 3.63. The molecule has 2 rings (SSSR count). The first kappa shape index (κ1) is 16.3. The predicted molar refractivity (Wildman–Crippen MR) is 96.9 cm³/mol. The highest BCUT2D eigenvalue weighted by atomic mass is 127. The van der Waals surface area contributed by atoms with Gasteiger partial charge in [-0.15, -0.1) is 0 Å². The number of ether oxygens (including phenoxy) is 1. The van der Waals surface area contributed by atoms with E-state index in [-0.39, 0.29) is 6.04 Å². The zero-order valence-electron chi connectivity index (χ0n) is 12.6. The van der Waals surface area contributed by atoms with Crippen LogP contribution in [-0.4, -0.2) is 13.2 Å². The average Bonchev–Trinajstić information content (AvgIpc) is 2.50. The van der Waals surface area contributed by atoms with Gasteiger partial charge in [0.05, 0.1) is 12.6 Å². The van der Waals surface area contributed by atoms with Crippen molar-refractivity contribution in [3.05, 3.63) is 63.2 Å². The van der Waals surface area contributed by atoms with Crippen LogP contribution in [0, 0.1) is 3.57 Å². The van der Waals surface area contributed by atoms with Gasteiger partial charge in [-0.2, -0.15) is 0 Å². The molecule has 0 saturated heterocycles. The van der Waals surface area contributed by atoms with Gasteiger partial charge in [0, 0.05) is 3.57 Å². The Morgan fingerprint density at radius 3 is 2.48 bits per heavy atom. The van der Waals surface area contributed by atoms with Crippen LogP contribution in [0.5, 0.6) is 5.75 Å². The first-order chi connectivity index (χ1) is 10.2. The van der Waals surface area contributed by atoms with Gasteiger partial charge >= 0.3 is 0 Å². The molecule has 0 amide bonds. The van der Waals surface area contributed by atoms with Crippen molar-refractivity contribution in [2.75, 3.05) is 13.2 Å². The number of benzene rings is 2. The topological polar surface area (TPSA) is 21.3 Å². The summed E-state index contributed by atoms with van der Waals surface area (Å²) in [7, 11) is 0. The lowest BCUT2D eigenvalue weighted by Crippen LogP contribution is -2.23. The van der Waals surface area contributed by atoms with Gasteiger partial charge < -0.3 is 10.1 Å². The third kappa shape index (κ3) is 4.71. The summed E-state index contributed by atoms with van der Waals surface area (Å²) in [6.07, 6.45) is 1.12. The first-order valence-electron chi connectivity index (χ1n) is 7.46. The van der Waals surface area contributed by atoms with Crippen LogP contribution >= 0.6 is 22.6 Å². The van der Waals surface area contributed by atoms with Gasteiger partial charge in [0.25, 0.3) is 0 Å². The summed E-state index contributed by atoms with van der Waals surface area (Å²) in [6.45, 7) is 5.89. The zero-order valence-corrected chi connectivity index (χ0v) is 14.8. The molecule has 0 heterocycles. The Kier molecular flexibility index (Phi) is 6.51. The lowest BCUT2D eigenvalue weighted by Gasteiger charge is -2.20. The fraction of sp³-hybridized carbons (Fsp3) is 0.333. The Balaban J connectivity index is 2.30. The Morgan fingerprint density at radius 2 is 1.81 bits per heavy atom. The maximum atomic E-state index is 5.63.